The van der Waals surface area contributed by atoms with Gasteiger partial charge in [-0.15, -0.1) is 0 Å². The number of aliphatic hydroxyl groups excluding tert-OH is 1. The fourth-order valence-corrected chi connectivity index (χ4v) is 1.62. The predicted molar refractivity (Wildman–Crippen MR) is 68.0 cm³/mol. The maximum Gasteiger partial charge on any atom is 0.282 e. The minimum atomic E-state index is -0.597. The molecule has 0 bridgehead atoms. The van der Waals surface area contributed by atoms with Crippen molar-refractivity contribution in [2.75, 3.05) is 33.4 Å². The van der Waals surface area contributed by atoms with Gasteiger partial charge >= 0.3 is 0 Å². The Bertz CT molecular complexity index is 450. The van der Waals surface area contributed by atoms with Crippen LogP contribution >= 0.6 is 0 Å². The van der Waals surface area contributed by atoms with Crippen LogP contribution < -0.4 is 0 Å². The molecule has 1 rings (SSSR count). The summed E-state index contributed by atoms with van der Waals surface area (Å²) in [5.41, 5.74) is -0.232. The molecule has 7 heteroatoms. The third-order valence-corrected chi connectivity index (χ3v) is 2.55. The molecule has 0 unspecified atom stereocenters. The van der Waals surface area contributed by atoms with Crippen molar-refractivity contribution >= 4 is 11.6 Å². The Morgan fingerprint density at radius 1 is 1.42 bits per heavy atom. The van der Waals surface area contributed by atoms with Gasteiger partial charge in [-0.25, -0.2) is 0 Å². The van der Waals surface area contributed by atoms with E-state index in [0.29, 0.717) is 6.61 Å². The van der Waals surface area contributed by atoms with Crippen molar-refractivity contribution in [1.29, 1.82) is 0 Å². The Kier molecular flexibility index (Phi) is 5.91. The molecule has 0 saturated carbocycles. The molecule has 1 aromatic carbocycles. The molecule has 0 aliphatic rings. The van der Waals surface area contributed by atoms with Gasteiger partial charge in [-0.2, -0.15) is 0 Å². The van der Waals surface area contributed by atoms with Crippen molar-refractivity contribution in [3.8, 4) is 0 Å². The molecule has 7 nitrogen and oxygen atoms in total. The van der Waals surface area contributed by atoms with E-state index in [1.807, 2.05) is 0 Å². The first-order valence-electron chi connectivity index (χ1n) is 5.74. The molecule has 1 aromatic rings. The zero-order valence-electron chi connectivity index (χ0n) is 10.6. The van der Waals surface area contributed by atoms with E-state index in [9.17, 15) is 14.9 Å². The number of hydrogen-bond acceptors (Lipinski definition) is 5. The molecule has 0 saturated heterocycles. The van der Waals surface area contributed by atoms with Gasteiger partial charge in [0.25, 0.3) is 11.6 Å². The molecule has 0 heterocycles. The monoisotopic (exact) mass is 268 g/mol. The summed E-state index contributed by atoms with van der Waals surface area (Å²) in [6, 6.07) is 5.74. The summed E-state index contributed by atoms with van der Waals surface area (Å²) < 4.78 is 4.87. The van der Waals surface area contributed by atoms with E-state index in [2.05, 4.69) is 0 Å². The largest absolute Gasteiger partial charge is 0.395 e. The lowest BCUT2D eigenvalue weighted by molar-refractivity contribution is -0.385. The van der Waals surface area contributed by atoms with E-state index in [1.54, 1.807) is 6.07 Å². The number of amides is 1. The van der Waals surface area contributed by atoms with Crippen LogP contribution in [0.2, 0.25) is 0 Å². The first kappa shape index (κ1) is 15.1. The average molecular weight is 268 g/mol. The highest BCUT2D eigenvalue weighted by Crippen LogP contribution is 2.19. The van der Waals surface area contributed by atoms with Crippen LogP contribution in [0.4, 0.5) is 5.69 Å². The van der Waals surface area contributed by atoms with Gasteiger partial charge < -0.3 is 14.7 Å². The number of aliphatic hydroxyl groups is 1. The predicted octanol–water partition coefficient (Wildman–Crippen LogP) is 0.676. The van der Waals surface area contributed by atoms with Crippen LogP contribution in [0, 0.1) is 10.1 Å². The fraction of sp³-hybridized carbons (Fsp3) is 0.417. The quantitative estimate of drug-likeness (QED) is 0.579. The zero-order valence-corrected chi connectivity index (χ0v) is 10.6. The smallest absolute Gasteiger partial charge is 0.282 e. The van der Waals surface area contributed by atoms with Crippen molar-refractivity contribution in [3.05, 3.63) is 39.9 Å². The standard InChI is InChI=1S/C12H16N2O5/c1-19-9-7-13(6-8-15)12(16)10-4-2-3-5-11(10)14(17)18/h2-5,15H,6-9H2,1H3. The van der Waals surface area contributed by atoms with Crippen LogP contribution in [-0.4, -0.2) is 54.3 Å². The molecule has 1 amide bonds. The summed E-state index contributed by atoms with van der Waals surface area (Å²) in [5, 5.41) is 19.8. The first-order valence-corrected chi connectivity index (χ1v) is 5.74. The normalized spacial score (nSPS) is 10.2. The second kappa shape index (κ2) is 7.45. The molecule has 0 fully saturated rings. The van der Waals surface area contributed by atoms with Crippen molar-refractivity contribution in [2.45, 2.75) is 0 Å². The van der Waals surface area contributed by atoms with Gasteiger partial charge in [0.05, 0.1) is 18.1 Å². The molecule has 0 atom stereocenters. The van der Waals surface area contributed by atoms with Gasteiger partial charge in [-0.05, 0) is 6.07 Å². The average Bonchev–Trinajstić information content (AvgIpc) is 2.42. The number of nitrogens with zero attached hydrogens (tertiary/aromatic N) is 2. The van der Waals surface area contributed by atoms with Crippen LogP contribution in [0.25, 0.3) is 0 Å². The highest BCUT2D eigenvalue weighted by Gasteiger charge is 2.23. The summed E-state index contributed by atoms with van der Waals surface area (Å²) in [6.45, 7) is 0.457. The van der Waals surface area contributed by atoms with Gasteiger partial charge in [0.15, 0.2) is 0 Å². The molecule has 0 radical (unpaired) electrons. The summed E-state index contributed by atoms with van der Waals surface area (Å²) >= 11 is 0. The van der Waals surface area contributed by atoms with Gasteiger partial charge in [-0.3, -0.25) is 14.9 Å². The van der Waals surface area contributed by atoms with E-state index >= 15 is 0 Å². The first-order chi connectivity index (χ1) is 9.11. The number of benzene rings is 1. The third kappa shape index (κ3) is 4.01. The molecular weight excluding hydrogens is 252 g/mol. The maximum atomic E-state index is 12.2. The molecule has 0 aliphatic heterocycles. The zero-order chi connectivity index (χ0) is 14.3. The highest BCUT2D eigenvalue weighted by atomic mass is 16.6. The number of hydrogen-bond donors (Lipinski definition) is 1. The lowest BCUT2D eigenvalue weighted by Crippen LogP contribution is -2.36. The number of carbonyl (C=O) groups is 1. The van der Waals surface area contributed by atoms with Gasteiger partial charge in [0, 0.05) is 26.3 Å². The number of methoxy groups -OCH3 is 1. The number of carbonyl (C=O) groups excluding carboxylic acids is 1. The van der Waals surface area contributed by atoms with E-state index in [1.165, 1.54) is 30.2 Å². The van der Waals surface area contributed by atoms with Gasteiger partial charge in [0.1, 0.15) is 5.56 Å². The lowest BCUT2D eigenvalue weighted by Gasteiger charge is -2.21. The number of rotatable bonds is 7. The number of para-hydroxylation sites is 1. The van der Waals surface area contributed by atoms with Crippen LogP contribution in [0.5, 0.6) is 0 Å². The molecular formula is C12H16N2O5. The second-order valence-corrected chi connectivity index (χ2v) is 3.78. The lowest BCUT2D eigenvalue weighted by atomic mass is 10.1. The van der Waals surface area contributed by atoms with E-state index in [4.69, 9.17) is 9.84 Å². The summed E-state index contributed by atoms with van der Waals surface area (Å²) in [7, 11) is 1.49. The van der Waals surface area contributed by atoms with Gasteiger partial charge in [-0.1, -0.05) is 12.1 Å². The minimum absolute atomic E-state index is 0.0112. The maximum absolute atomic E-state index is 12.2. The summed E-state index contributed by atoms with van der Waals surface area (Å²) in [5.74, 6) is -0.488. The number of ether oxygens (including phenoxy) is 1. The van der Waals surface area contributed by atoms with Crippen molar-refractivity contribution in [2.24, 2.45) is 0 Å². The van der Waals surface area contributed by atoms with E-state index in [0.717, 1.165) is 0 Å². The second-order valence-electron chi connectivity index (χ2n) is 3.78. The Balaban J connectivity index is 2.98. The minimum Gasteiger partial charge on any atom is -0.395 e. The molecule has 1 N–H and O–H groups in total. The number of nitro groups is 1. The number of nitro benzene ring substituents is 1. The van der Waals surface area contributed by atoms with Crippen molar-refractivity contribution < 1.29 is 19.6 Å². The molecule has 19 heavy (non-hydrogen) atoms. The van der Waals surface area contributed by atoms with Gasteiger partial charge in [0.2, 0.25) is 0 Å². The fourth-order valence-electron chi connectivity index (χ4n) is 1.62. The van der Waals surface area contributed by atoms with Crippen LogP contribution in [-0.2, 0) is 4.74 Å². The van der Waals surface area contributed by atoms with Crippen LogP contribution in [0.3, 0.4) is 0 Å². The Morgan fingerprint density at radius 2 is 2.11 bits per heavy atom. The highest BCUT2D eigenvalue weighted by molar-refractivity contribution is 5.98. The Morgan fingerprint density at radius 3 is 2.68 bits per heavy atom. The summed E-state index contributed by atoms with van der Waals surface area (Å²) in [6.07, 6.45) is 0. The molecule has 0 aromatic heterocycles. The van der Waals surface area contributed by atoms with E-state index in [-0.39, 0.29) is 30.9 Å². The molecule has 104 valence electrons. The third-order valence-electron chi connectivity index (χ3n) is 2.55. The van der Waals surface area contributed by atoms with E-state index < -0.39 is 10.8 Å². The summed E-state index contributed by atoms with van der Waals surface area (Å²) in [4.78, 5) is 23.8. The Hall–Kier alpha value is -1.99. The van der Waals surface area contributed by atoms with Crippen molar-refractivity contribution in [3.63, 3.8) is 0 Å². The van der Waals surface area contributed by atoms with Crippen LogP contribution in [0.15, 0.2) is 24.3 Å². The van der Waals surface area contributed by atoms with Crippen molar-refractivity contribution in [1.82, 2.24) is 4.90 Å². The Labute approximate surface area is 110 Å². The molecule has 0 aliphatic carbocycles. The topological polar surface area (TPSA) is 92.9 Å². The SMILES string of the molecule is COCCN(CCO)C(=O)c1ccccc1[N+](=O)[O-]. The molecule has 0 spiro atoms. The van der Waals surface area contributed by atoms with Crippen LogP contribution in [0.1, 0.15) is 10.4 Å².